The van der Waals surface area contributed by atoms with Gasteiger partial charge < -0.3 is 4.74 Å². The molecule has 7 heteroatoms. The van der Waals surface area contributed by atoms with Crippen LogP contribution in [0.15, 0.2) is 18.3 Å². The topological polar surface area (TPSA) is 39.4 Å². The van der Waals surface area contributed by atoms with Gasteiger partial charge in [0.15, 0.2) is 11.8 Å². The van der Waals surface area contributed by atoms with E-state index in [4.69, 9.17) is 4.74 Å². The molecule has 1 atom stereocenters. The number of nitrogens with zero attached hydrogens (tertiary/aromatic N) is 3. The number of halogens is 3. The molecule has 0 aliphatic carbocycles. The zero-order chi connectivity index (χ0) is 12.6. The van der Waals surface area contributed by atoms with Gasteiger partial charge in [0, 0.05) is 17.8 Å². The summed E-state index contributed by atoms with van der Waals surface area (Å²) >= 11 is 0. The average molecular weight is 245 g/mol. The van der Waals surface area contributed by atoms with Crippen LogP contribution in [0.5, 0.6) is 5.88 Å². The molecule has 0 bridgehead atoms. The summed E-state index contributed by atoms with van der Waals surface area (Å²) in [6.45, 7) is 2.63. The predicted molar refractivity (Wildman–Crippen MR) is 53.9 cm³/mol. The van der Waals surface area contributed by atoms with Crippen molar-refractivity contribution in [2.24, 2.45) is 0 Å². The first-order valence-corrected chi connectivity index (χ1v) is 4.92. The first-order chi connectivity index (χ1) is 7.88. The molecule has 0 spiro atoms. The molecule has 0 aliphatic heterocycles. The van der Waals surface area contributed by atoms with E-state index in [1.54, 1.807) is 13.0 Å². The van der Waals surface area contributed by atoms with Crippen LogP contribution in [0.25, 0.3) is 5.65 Å². The minimum Gasteiger partial charge on any atom is -0.465 e. The maximum atomic E-state index is 12.4. The SMILES string of the molecule is Cc1cc(OC(C)C(F)(F)F)n2nccc2n1. The van der Waals surface area contributed by atoms with E-state index < -0.39 is 12.3 Å². The Balaban J connectivity index is 2.38. The molecule has 4 nitrogen and oxygen atoms in total. The van der Waals surface area contributed by atoms with Crippen LogP contribution in [-0.4, -0.2) is 26.9 Å². The number of hydrogen-bond acceptors (Lipinski definition) is 3. The zero-order valence-corrected chi connectivity index (χ0v) is 9.19. The zero-order valence-electron chi connectivity index (χ0n) is 9.19. The van der Waals surface area contributed by atoms with Crippen LogP contribution in [0, 0.1) is 6.92 Å². The maximum absolute atomic E-state index is 12.4. The molecule has 0 aromatic carbocycles. The van der Waals surface area contributed by atoms with Gasteiger partial charge in [-0.3, -0.25) is 0 Å². The number of aromatic nitrogens is 3. The lowest BCUT2D eigenvalue weighted by Crippen LogP contribution is -2.31. The molecule has 0 saturated carbocycles. The van der Waals surface area contributed by atoms with Crippen molar-refractivity contribution in [1.29, 1.82) is 0 Å². The largest absolute Gasteiger partial charge is 0.465 e. The normalized spacial score (nSPS) is 13.9. The molecule has 2 heterocycles. The Morgan fingerprint density at radius 3 is 2.76 bits per heavy atom. The van der Waals surface area contributed by atoms with Crippen molar-refractivity contribution in [2.45, 2.75) is 26.1 Å². The molecule has 0 radical (unpaired) electrons. The summed E-state index contributed by atoms with van der Waals surface area (Å²) in [4.78, 5) is 4.10. The summed E-state index contributed by atoms with van der Waals surface area (Å²) in [5, 5.41) is 3.86. The summed E-state index contributed by atoms with van der Waals surface area (Å²) in [5.74, 6) is 0.0299. The first-order valence-electron chi connectivity index (χ1n) is 4.92. The molecule has 0 aliphatic rings. The lowest BCUT2D eigenvalue weighted by molar-refractivity contribution is -0.190. The van der Waals surface area contributed by atoms with Crippen LogP contribution in [-0.2, 0) is 0 Å². The van der Waals surface area contributed by atoms with Gasteiger partial charge in [-0.05, 0) is 13.8 Å². The van der Waals surface area contributed by atoms with Crippen LogP contribution in [0.4, 0.5) is 13.2 Å². The van der Waals surface area contributed by atoms with Gasteiger partial charge in [-0.2, -0.15) is 22.8 Å². The highest BCUT2D eigenvalue weighted by Gasteiger charge is 2.38. The van der Waals surface area contributed by atoms with Gasteiger partial charge in [-0.25, -0.2) is 4.98 Å². The third-order valence-corrected chi connectivity index (χ3v) is 2.21. The molecular formula is C10H10F3N3O. The lowest BCUT2D eigenvalue weighted by atomic mass is 10.4. The molecule has 17 heavy (non-hydrogen) atoms. The van der Waals surface area contributed by atoms with E-state index in [1.807, 2.05) is 0 Å². The number of alkyl halides is 3. The summed E-state index contributed by atoms with van der Waals surface area (Å²) in [6.07, 6.45) is -4.85. The fourth-order valence-corrected chi connectivity index (χ4v) is 1.34. The van der Waals surface area contributed by atoms with Crippen molar-refractivity contribution in [3.05, 3.63) is 24.0 Å². The number of rotatable bonds is 2. The van der Waals surface area contributed by atoms with Gasteiger partial charge >= 0.3 is 6.18 Å². The van der Waals surface area contributed by atoms with Gasteiger partial charge in [0.1, 0.15) is 0 Å². The van der Waals surface area contributed by atoms with E-state index in [-0.39, 0.29) is 5.88 Å². The number of hydrogen-bond donors (Lipinski definition) is 0. The standard InChI is InChI=1S/C10H10F3N3O/c1-6-5-9(17-7(2)10(11,12)13)16-8(15-6)3-4-14-16/h3-5,7H,1-2H3. The summed E-state index contributed by atoms with van der Waals surface area (Å²) < 4.78 is 43.3. The van der Waals surface area contributed by atoms with Crippen LogP contribution in [0.3, 0.4) is 0 Å². The fourth-order valence-electron chi connectivity index (χ4n) is 1.34. The summed E-state index contributed by atoms with van der Waals surface area (Å²) in [5.41, 5.74) is 1.02. The van der Waals surface area contributed by atoms with Crippen molar-refractivity contribution in [2.75, 3.05) is 0 Å². The molecule has 0 amide bonds. The van der Waals surface area contributed by atoms with Crippen LogP contribution < -0.4 is 4.74 Å². The molecule has 92 valence electrons. The highest BCUT2D eigenvalue weighted by atomic mass is 19.4. The van der Waals surface area contributed by atoms with Crippen molar-refractivity contribution >= 4 is 5.65 Å². The van der Waals surface area contributed by atoms with Gasteiger partial charge in [0.2, 0.25) is 5.88 Å². The second kappa shape index (κ2) is 3.90. The van der Waals surface area contributed by atoms with Crippen molar-refractivity contribution < 1.29 is 17.9 Å². The molecule has 2 aromatic heterocycles. The van der Waals surface area contributed by atoms with Crippen LogP contribution >= 0.6 is 0 Å². The minimum atomic E-state index is -4.41. The molecular weight excluding hydrogens is 235 g/mol. The van der Waals surface area contributed by atoms with Gasteiger partial charge in [-0.15, -0.1) is 0 Å². The highest BCUT2D eigenvalue weighted by molar-refractivity contribution is 5.40. The first kappa shape index (κ1) is 11.7. The number of aryl methyl sites for hydroxylation is 1. The molecule has 0 N–H and O–H groups in total. The van der Waals surface area contributed by atoms with Crippen molar-refractivity contribution in [3.8, 4) is 5.88 Å². The molecule has 2 rings (SSSR count). The second-order valence-corrected chi connectivity index (χ2v) is 3.64. The Hall–Kier alpha value is -1.79. The third kappa shape index (κ3) is 2.32. The van der Waals surface area contributed by atoms with E-state index >= 15 is 0 Å². The lowest BCUT2D eigenvalue weighted by Gasteiger charge is -2.18. The second-order valence-electron chi connectivity index (χ2n) is 3.64. The van der Waals surface area contributed by atoms with Crippen molar-refractivity contribution in [3.63, 3.8) is 0 Å². The maximum Gasteiger partial charge on any atom is 0.425 e. The predicted octanol–water partition coefficient (Wildman–Crippen LogP) is 2.37. The van der Waals surface area contributed by atoms with E-state index in [0.717, 1.165) is 6.92 Å². The van der Waals surface area contributed by atoms with E-state index in [0.29, 0.717) is 11.3 Å². The smallest absolute Gasteiger partial charge is 0.425 e. The third-order valence-electron chi connectivity index (χ3n) is 2.21. The van der Waals surface area contributed by atoms with E-state index in [1.165, 1.54) is 16.8 Å². The Labute approximate surface area is 95.0 Å². The monoisotopic (exact) mass is 245 g/mol. The fraction of sp³-hybridized carbons (Fsp3) is 0.400. The summed E-state index contributed by atoms with van der Waals surface area (Å²) in [7, 11) is 0. The molecule has 0 saturated heterocycles. The number of fused-ring (bicyclic) bond motifs is 1. The highest BCUT2D eigenvalue weighted by Crippen LogP contribution is 2.25. The van der Waals surface area contributed by atoms with E-state index in [9.17, 15) is 13.2 Å². The van der Waals surface area contributed by atoms with Crippen LogP contribution in [0.1, 0.15) is 12.6 Å². The van der Waals surface area contributed by atoms with Gasteiger partial charge in [-0.1, -0.05) is 0 Å². The van der Waals surface area contributed by atoms with E-state index in [2.05, 4.69) is 10.1 Å². The quantitative estimate of drug-likeness (QED) is 0.815. The Bertz CT molecular complexity index is 535. The number of ether oxygens (including phenoxy) is 1. The Kier molecular flexibility index (Phi) is 2.68. The Morgan fingerprint density at radius 2 is 2.12 bits per heavy atom. The van der Waals surface area contributed by atoms with Gasteiger partial charge in [0.25, 0.3) is 0 Å². The minimum absolute atomic E-state index is 0.0299. The average Bonchev–Trinajstić information content (AvgIpc) is 2.63. The molecule has 2 aromatic rings. The van der Waals surface area contributed by atoms with Crippen molar-refractivity contribution in [1.82, 2.24) is 14.6 Å². The summed E-state index contributed by atoms with van der Waals surface area (Å²) in [6, 6.07) is 3.01. The van der Waals surface area contributed by atoms with Crippen LogP contribution in [0.2, 0.25) is 0 Å². The Morgan fingerprint density at radius 1 is 1.41 bits per heavy atom. The molecule has 1 unspecified atom stereocenters. The molecule has 0 fully saturated rings. The van der Waals surface area contributed by atoms with Gasteiger partial charge in [0.05, 0.1) is 6.20 Å².